The van der Waals surface area contributed by atoms with Crippen molar-refractivity contribution in [3.05, 3.63) is 29.5 Å². The summed E-state index contributed by atoms with van der Waals surface area (Å²) in [7, 11) is 0. The van der Waals surface area contributed by atoms with Gasteiger partial charge in [0.2, 0.25) is 11.0 Å². The number of aromatic nitrogens is 6. The predicted molar refractivity (Wildman–Crippen MR) is 111 cm³/mol. The van der Waals surface area contributed by atoms with Crippen LogP contribution < -0.4 is 5.32 Å². The van der Waals surface area contributed by atoms with Gasteiger partial charge in [-0.2, -0.15) is 0 Å². The van der Waals surface area contributed by atoms with Gasteiger partial charge >= 0.3 is 0 Å². The fourth-order valence-electron chi connectivity index (χ4n) is 2.49. The summed E-state index contributed by atoms with van der Waals surface area (Å²) in [6.45, 7) is 8.90. The number of thioether (sulfide) groups is 1. The monoisotopic (exact) mass is 417 g/mol. The second-order valence-electron chi connectivity index (χ2n) is 6.65. The van der Waals surface area contributed by atoms with Gasteiger partial charge in [-0.3, -0.25) is 15.1 Å². The molecular weight excluding hydrogens is 394 g/mol. The Morgan fingerprint density at radius 3 is 2.57 bits per heavy atom. The smallest absolute Gasteiger partial charge is 0.239 e. The van der Waals surface area contributed by atoms with Crippen LogP contribution in [0, 0.1) is 5.92 Å². The second-order valence-corrected chi connectivity index (χ2v) is 9.02. The number of nitrogens with one attached hydrogen (secondary N) is 1. The van der Waals surface area contributed by atoms with Crippen molar-refractivity contribution in [3.63, 3.8) is 0 Å². The Bertz CT molecular complexity index is 923. The normalized spacial score (nSPS) is 12.3. The third kappa shape index (κ3) is 4.93. The van der Waals surface area contributed by atoms with Crippen molar-refractivity contribution in [1.82, 2.24) is 29.9 Å². The van der Waals surface area contributed by atoms with Crippen molar-refractivity contribution in [1.29, 1.82) is 0 Å². The first-order valence-corrected chi connectivity index (χ1v) is 10.8. The zero-order valence-electron chi connectivity index (χ0n) is 16.3. The molecule has 1 N–H and O–H groups in total. The molecule has 0 bridgehead atoms. The summed E-state index contributed by atoms with van der Waals surface area (Å²) in [5.41, 5.74) is 0.952. The Labute approximate surface area is 172 Å². The highest BCUT2D eigenvalue weighted by Crippen LogP contribution is 2.28. The maximum Gasteiger partial charge on any atom is 0.239 e. The van der Waals surface area contributed by atoms with Crippen LogP contribution in [0.15, 0.2) is 29.7 Å². The van der Waals surface area contributed by atoms with E-state index in [-0.39, 0.29) is 11.2 Å². The van der Waals surface area contributed by atoms with Gasteiger partial charge in [-0.1, -0.05) is 43.9 Å². The minimum absolute atomic E-state index is 0.131. The van der Waals surface area contributed by atoms with Gasteiger partial charge in [-0.25, -0.2) is 0 Å². The van der Waals surface area contributed by atoms with E-state index in [1.807, 2.05) is 26.0 Å². The summed E-state index contributed by atoms with van der Waals surface area (Å²) >= 11 is 2.78. The van der Waals surface area contributed by atoms with Gasteiger partial charge < -0.3 is 4.57 Å². The lowest BCUT2D eigenvalue weighted by Crippen LogP contribution is -2.23. The maximum atomic E-state index is 12.6. The first-order valence-electron chi connectivity index (χ1n) is 9.11. The van der Waals surface area contributed by atoms with E-state index in [2.05, 4.69) is 49.1 Å². The molecule has 1 amide bonds. The summed E-state index contributed by atoms with van der Waals surface area (Å²) in [6, 6.07) is 3.82. The van der Waals surface area contributed by atoms with Crippen LogP contribution in [0.3, 0.4) is 0 Å². The first-order chi connectivity index (χ1) is 13.5. The highest BCUT2D eigenvalue weighted by molar-refractivity contribution is 8.00. The lowest BCUT2D eigenvalue weighted by atomic mass is 10.2. The number of nitrogens with zero attached hydrogens (tertiary/aromatic N) is 6. The number of hydrogen-bond donors (Lipinski definition) is 1. The average Bonchev–Trinajstić information content (AvgIpc) is 3.29. The van der Waals surface area contributed by atoms with Crippen LogP contribution in [0.5, 0.6) is 0 Å². The second kappa shape index (κ2) is 9.24. The topological polar surface area (TPSA) is 98.5 Å². The van der Waals surface area contributed by atoms with Gasteiger partial charge in [0.05, 0.1) is 5.25 Å². The van der Waals surface area contributed by atoms with Gasteiger partial charge in [-0.15, -0.1) is 20.4 Å². The van der Waals surface area contributed by atoms with Crippen molar-refractivity contribution in [2.75, 3.05) is 5.32 Å². The van der Waals surface area contributed by atoms with Crippen LogP contribution >= 0.6 is 23.1 Å². The van der Waals surface area contributed by atoms with E-state index in [0.717, 1.165) is 34.5 Å². The fourth-order valence-corrected chi connectivity index (χ4v) is 4.03. The van der Waals surface area contributed by atoms with Crippen molar-refractivity contribution in [3.8, 4) is 11.4 Å². The van der Waals surface area contributed by atoms with E-state index in [1.54, 1.807) is 12.4 Å². The molecule has 0 unspecified atom stereocenters. The molecule has 3 aromatic rings. The van der Waals surface area contributed by atoms with Crippen LogP contribution in [0.2, 0.25) is 0 Å². The molecule has 0 radical (unpaired) electrons. The minimum atomic E-state index is -0.352. The van der Waals surface area contributed by atoms with Crippen molar-refractivity contribution in [2.24, 2.45) is 5.92 Å². The molecule has 148 valence electrons. The fraction of sp³-hybridized carbons (Fsp3) is 0.444. The molecule has 0 aliphatic carbocycles. The van der Waals surface area contributed by atoms with E-state index in [9.17, 15) is 4.79 Å². The number of anilines is 1. The molecular formula is C18H23N7OS2. The van der Waals surface area contributed by atoms with Crippen LogP contribution in [-0.2, 0) is 17.8 Å². The number of pyridine rings is 1. The Morgan fingerprint density at radius 1 is 1.18 bits per heavy atom. The predicted octanol–water partition coefficient (Wildman–Crippen LogP) is 3.53. The maximum absolute atomic E-state index is 12.6. The third-order valence-corrected chi connectivity index (χ3v) is 5.92. The van der Waals surface area contributed by atoms with E-state index < -0.39 is 0 Å². The van der Waals surface area contributed by atoms with Gasteiger partial charge in [0.25, 0.3) is 0 Å². The van der Waals surface area contributed by atoms with Crippen LogP contribution in [0.4, 0.5) is 5.13 Å². The zero-order valence-corrected chi connectivity index (χ0v) is 17.9. The number of aryl methyl sites for hydroxylation is 1. The van der Waals surface area contributed by atoms with Crippen LogP contribution in [0.25, 0.3) is 11.4 Å². The minimum Gasteiger partial charge on any atom is -0.302 e. The summed E-state index contributed by atoms with van der Waals surface area (Å²) in [5, 5.41) is 21.4. The quantitative estimate of drug-likeness (QED) is 0.560. The SMILES string of the molecule is CCc1nnc(NC(=O)[C@H](C)Sc2nnc(-c3ccncc3)n2CC(C)C)s1. The van der Waals surface area contributed by atoms with Gasteiger partial charge in [-0.05, 0) is 31.4 Å². The summed E-state index contributed by atoms with van der Waals surface area (Å²) < 4.78 is 2.06. The molecule has 3 heterocycles. The number of rotatable bonds is 8. The molecule has 28 heavy (non-hydrogen) atoms. The molecule has 1 atom stereocenters. The first kappa shape index (κ1) is 20.4. The Morgan fingerprint density at radius 2 is 1.93 bits per heavy atom. The molecule has 0 saturated carbocycles. The summed E-state index contributed by atoms with van der Waals surface area (Å²) in [4.78, 5) is 16.6. The van der Waals surface area contributed by atoms with E-state index in [0.29, 0.717) is 11.0 Å². The zero-order chi connectivity index (χ0) is 20.1. The van der Waals surface area contributed by atoms with Crippen LogP contribution in [0.1, 0.15) is 32.7 Å². The number of carbonyl (C=O) groups is 1. The molecule has 0 aliphatic heterocycles. The Hall–Kier alpha value is -2.33. The average molecular weight is 418 g/mol. The van der Waals surface area contributed by atoms with E-state index >= 15 is 0 Å². The van der Waals surface area contributed by atoms with Crippen molar-refractivity contribution < 1.29 is 4.79 Å². The molecule has 10 heteroatoms. The molecule has 0 aromatic carbocycles. The molecule has 0 saturated heterocycles. The van der Waals surface area contributed by atoms with E-state index in [4.69, 9.17) is 0 Å². The molecule has 3 aromatic heterocycles. The standard InChI is InChI=1S/C18H23N7OS2/c1-5-14-21-23-17(28-14)20-16(26)12(4)27-18-24-22-15(25(18)10-11(2)3)13-6-8-19-9-7-13/h6-9,11-12H,5,10H2,1-4H3,(H,20,23,26)/t12-/m0/s1. The number of hydrogen-bond acceptors (Lipinski definition) is 8. The van der Waals surface area contributed by atoms with Crippen LogP contribution in [-0.4, -0.2) is 41.1 Å². The molecule has 0 fully saturated rings. The number of carbonyl (C=O) groups excluding carboxylic acids is 1. The van der Waals surface area contributed by atoms with Gasteiger partial charge in [0.15, 0.2) is 11.0 Å². The van der Waals surface area contributed by atoms with E-state index in [1.165, 1.54) is 23.1 Å². The summed E-state index contributed by atoms with van der Waals surface area (Å²) in [5.74, 6) is 1.06. The van der Waals surface area contributed by atoms with Gasteiger partial charge in [0.1, 0.15) is 5.01 Å². The highest BCUT2D eigenvalue weighted by atomic mass is 32.2. The Kier molecular flexibility index (Phi) is 6.74. The lowest BCUT2D eigenvalue weighted by Gasteiger charge is -2.14. The molecule has 0 aliphatic rings. The number of amides is 1. The largest absolute Gasteiger partial charge is 0.302 e. The Balaban J connectivity index is 1.77. The highest BCUT2D eigenvalue weighted by Gasteiger charge is 2.22. The summed E-state index contributed by atoms with van der Waals surface area (Å²) in [6.07, 6.45) is 4.27. The molecule has 8 nitrogen and oxygen atoms in total. The van der Waals surface area contributed by atoms with Gasteiger partial charge in [0, 0.05) is 24.5 Å². The van der Waals surface area contributed by atoms with Crippen molar-refractivity contribution >= 4 is 34.1 Å². The molecule has 3 rings (SSSR count). The van der Waals surface area contributed by atoms with Crippen molar-refractivity contribution in [2.45, 2.75) is 51.1 Å². The third-order valence-electron chi connectivity index (χ3n) is 3.85. The lowest BCUT2D eigenvalue weighted by molar-refractivity contribution is -0.115. The molecule has 0 spiro atoms.